The van der Waals surface area contributed by atoms with Crippen LogP contribution in [0.3, 0.4) is 0 Å². The van der Waals surface area contributed by atoms with E-state index in [0.29, 0.717) is 0 Å². The van der Waals surface area contributed by atoms with Gasteiger partial charge >= 0.3 is 5.82 Å². The molecule has 0 atom stereocenters. The van der Waals surface area contributed by atoms with E-state index in [1.807, 2.05) is 0 Å². The summed E-state index contributed by atoms with van der Waals surface area (Å²) in [6.45, 7) is 0. The minimum absolute atomic E-state index is 0.0509. The van der Waals surface area contributed by atoms with Gasteiger partial charge < -0.3 is 10.1 Å². The SMILES string of the molecule is O=[N+]([O-])C1=CS[CH]N1. The van der Waals surface area contributed by atoms with Crippen molar-refractivity contribution in [1.82, 2.24) is 5.32 Å². The molecule has 43 valence electrons. The first-order valence-corrected chi connectivity index (χ1v) is 2.83. The molecule has 1 rings (SSSR count). The van der Waals surface area contributed by atoms with Crippen LogP contribution in [0.5, 0.6) is 0 Å². The molecule has 0 amide bonds. The highest BCUT2D eigenvalue weighted by atomic mass is 32.2. The lowest BCUT2D eigenvalue weighted by Crippen LogP contribution is -2.10. The number of thioether (sulfide) groups is 1. The van der Waals surface area contributed by atoms with Gasteiger partial charge in [0.2, 0.25) is 0 Å². The summed E-state index contributed by atoms with van der Waals surface area (Å²) >= 11 is 1.27. The molecule has 5 heteroatoms. The van der Waals surface area contributed by atoms with Gasteiger partial charge in [0.05, 0.1) is 5.41 Å². The van der Waals surface area contributed by atoms with Gasteiger partial charge in [-0.05, 0) is 4.92 Å². The van der Waals surface area contributed by atoms with Gasteiger partial charge in [0.15, 0.2) is 5.88 Å². The Morgan fingerprint density at radius 1 is 1.88 bits per heavy atom. The summed E-state index contributed by atoms with van der Waals surface area (Å²) in [5.74, 6) is 1.60. The first-order chi connectivity index (χ1) is 3.80. The fourth-order valence-corrected chi connectivity index (χ4v) is 0.862. The van der Waals surface area contributed by atoms with Gasteiger partial charge in [-0.15, -0.1) is 0 Å². The smallest absolute Gasteiger partial charge is 0.323 e. The number of hydrogen-bond donors (Lipinski definition) is 1. The summed E-state index contributed by atoms with van der Waals surface area (Å²) in [6, 6.07) is 0. The van der Waals surface area contributed by atoms with Crippen LogP contribution < -0.4 is 5.32 Å². The van der Waals surface area contributed by atoms with E-state index in [1.165, 1.54) is 17.2 Å². The minimum Gasteiger partial charge on any atom is -0.358 e. The van der Waals surface area contributed by atoms with Crippen molar-refractivity contribution in [2.45, 2.75) is 0 Å². The van der Waals surface area contributed by atoms with Gasteiger partial charge in [0.25, 0.3) is 0 Å². The summed E-state index contributed by atoms with van der Waals surface area (Å²) in [4.78, 5) is 9.38. The Kier molecular flexibility index (Phi) is 1.38. The van der Waals surface area contributed by atoms with Gasteiger partial charge in [-0.25, -0.2) is 0 Å². The first kappa shape index (κ1) is 5.43. The standard InChI is InChI=1S/C3H3N2O2S/c6-5(7)3-1-8-2-4-3/h1-2,4H. The van der Waals surface area contributed by atoms with Crippen LogP contribution in [0.1, 0.15) is 0 Å². The number of nitrogens with one attached hydrogen (secondary N) is 1. The predicted molar refractivity (Wildman–Crippen MR) is 30.1 cm³/mol. The van der Waals surface area contributed by atoms with Crippen molar-refractivity contribution in [1.29, 1.82) is 0 Å². The average Bonchev–Trinajstić information content (AvgIpc) is 2.12. The zero-order valence-electron chi connectivity index (χ0n) is 3.83. The molecule has 1 aliphatic rings. The van der Waals surface area contributed by atoms with Crippen molar-refractivity contribution in [3.63, 3.8) is 0 Å². The number of hydrogen-bond acceptors (Lipinski definition) is 4. The van der Waals surface area contributed by atoms with Crippen molar-refractivity contribution < 1.29 is 4.92 Å². The van der Waals surface area contributed by atoms with Crippen LogP contribution in [-0.2, 0) is 0 Å². The molecule has 0 aromatic rings. The molecule has 0 aromatic carbocycles. The summed E-state index contributed by atoms with van der Waals surface area (Å²) in [7, 11) is 0. The Balaban J connectivity index is 2.57. The fourth-order valence-electron chi connectivity index (χ4n) is 0.323. The van der Waals surface area contributed by atoms with Crippen molar-refractivity contribution in [3.8, 4) is 0 Å². The van der Waals surface area contributed by atoms with Crippen molar-refractivity contribution in [3.05, 3.63) is 27.2 Å². The maximum atomic E-state index is 9.84. The Bertz CT molecular complexity index is 144. The molecular weight excluding hydrogens is 128 g/mol. The number of nitrogens with zero attached hydrogens (tertiary/aromatic N) is 1. The second-order valence-corrected chi connectivity index (χ2v) is 1.90. The summed E-state index contributed by atoms with van der Waals surface area (Å²) in [6.07, 6.45) is 0. The molecule has 0 fully saturated rings. The van der Waals surface area contributed by atoms with Crippen molar-refractivity contribution in [2.24, 2.45) is 0 Å². The topological polar surface area (TPSA) is 55.2 Å². The zero-order chi connectivity index (χ0) is 5.98. The summed E-state index contributed by atoms with van der Waals surface area (Å²) in [5, 5.41) is 13.7. The molecule has 1 radical (unpaired) electrons. The van der Waals surface area contributed by atoms with Crippen molar-refractivity contribution >= 4 is 11.8 Å². The average molecular weight is 131 g/mol. The van der Waals surface area contributed by atoms with E-state index >= 15 is 0 Å². The highest BCUT2D eigenvalue weighted by Crippen LogP contribution is 2.15. The van der Waals surface area contributed by atoms with E-state index in [9.17, 15) is 10.1 Å². The van der Waals surface area contributed by atoms with Crippen LogP contribution in [0, 0.1) is 16.0 Å². The third-order valence-electron chi connectivity index (χ3n) is 0.651. The van der Waals surface area contributed by atoms with Gasteiger partial charge in [-0.2, -0.15) is 0 Å². The van der Waals surface area contributed by atoms with Gasteiger partial charge in [-0.3, -0.25) is 5.32 Å². The molecule has 0 saturated carbocycles. The second-order valence-electron chi connectivity index (χ2n) is 1.16. The van der Waals surface area contributed by atoms with E-state index in [1.54, 1.807) is 5.88 Å². The molecule has 1 aliphatic heterocycles. The fraction of sp³-hybridized carbons (Fsp3) is 0. The van der Waals surface area contributed by atoms with Crippen LogP contribution in [0.15, 0.2) is 11.2 Å². The summed E-state index contributed by atoms with van der Waals surface area (Å²) < 4.78 is 0. The van der Waals surface area contributed by atoms with Gasteiger partial charge in [0, 0.05) is 0 Å². The zero-order valence-corrected chi connectivity index (χ0v) is 4.64. The molecule has 0 spiro atoms. The molecule has 0 aliphatic carbocycles. The first-order valence-electron chi connectivity index (χ1n) is 1.89. The highest BCUT2D eigenvalue weighted by Gasteiger charge is 2.13. The largest absolute Gasteiger partial charge is 0.358 e. The van der Waals surface area contributed by atoms with E-state index in [-0.39, 0.29) is 5.82 Å². The van der Waals surface area contributed by atoms with Crippen LogP contribution >= 0.6 is 11.8 Å². The molecule has 0 aromatic heterocycles. The normalized spacial score (nSPS) is 17.2. The van der Waals surface area contributed by atoms with E-state index in [4.69, 9.17) is 0 Å². The predicted octanol–water partition coefficient (Wildman–Crippen LogP) is 0.518. The van der Waals surface area contributed by atoms with Crippen LogP contribution in [0.25, 0.3) is 0 Å². The lowest BCUT2D eigenvalue weighted by Gasteiger charge is -1.90. The van der Waals surface area contributed by atoms with Crippen LogP contribution in [-0.4, -0.2) is 4.92 Å². The number of nitro groups is 1. The highest BCUT2D eigenvalue weighted by molar-refractivity contribution is 8.04. The van der Waals surface area contributed by atoms with E-state index in [0.717, 1.165) is 0 Å². The monoisotopic (exact) mass is 131 g/mol. The molecule has 0 bridgehead atoms. The minimum atomic E-state index is -0.462. The lowest BCUT2D eigenvalue weighted by molar-refractivity contribution is -0.429. The third kappa shape index (κ3) is 0.919. The summed E-state index contributed by atoms with van der Waals surface area (Å²) in [5.41, 5.74) is 0. The second kappa shape index (κ2) is 2.04. The Morgan fingerprint density at radius 2 is 2.62 bits per heavy atom. The molecule has 1 heterocycles. The molecule has 1 N–H and O–H groups in total. The molecule has 0 saturated heterocycles. The Hall–Kier alpha value is -0.710. The third-order valence-corrected chi connectivity index (χ3v) is 1.26. The Morgan fingerprint density at radius 3 is 2.88 bits per heavy atom. The molecule has 4 nitrogen and oxygen atoms in total. The molecule has 8 heavy (non-hydrogen) atoms. The maximum Gasteiger partial charge on any atom is 0.323 e. The molecule has 0 unspecified atom stereocenters. The van der Waals surface area contributed by atoms with Gasteiger partial charge in [0.1, 0.15) is 0 Å². The Labute approximate surface area is 50.1 Å². The van der Waals surface area contributed by atoms with Crippen LogP contribution in [0.4, 0.5) is 0 Å². The maximum absolute atomic E-state index is 9.84. The van der Waals surface area contributed by atoms with Gasteiger partial charge in [-0.1, -0.05) is 11.8 Å². The molecular formula is C3H3N2O2S. The van der Waals surface area contributed by atoms with E-state index in [2.05, 4.69) is 5.32 Å². The quantitative estimate of drug-likeness (QED) is 0.416. The van der Waals surface area contributed by atoms with Crippen LogP contribution in [0.2, 0.25) is 0 Å². The number of rotatable bonds is 1. The lowest BCUT2D eigenvalue weighted by atomic mass is 10.8. The van der Waals surface area contributed by atoms with Crippen molar-refractivity contribution in [2.75, 3.05) is 0 Å². The van der Waals surface area contributed by atoms with E-state index < -0.39 is 4.92 Å².